The Bertz CT molecular complexity index is 1300. The van der Waals surface area contributed by atoms with Crippen LogP contribution in [0, 0.1) is 0 Å². The summed E-state index contributed by atoms with van der Waals surface area (Å²) in [6.45, 7) is 6.40. The molecule has 0 aromatic rings. The van der Waals surface area contributed by atoms with Gasteiger partial charge in [-0.15, -0.1) is 0 Å². The summed E-state index contributed by atoms with van der Waals surface area (Å²) in [6, 6.07) is 0. The second-order valence-electron chi connectivity index (χ2n) is 17.0. The van der Waals surface area contributed by atoms with E-state index in [0.717, 1.165) is 148 Å². The third-order valence-electron chi connectivity index (χ3n) is 10.8. The molecule has 0 aliphatic rings. The van der Waals surface area contributed by atoms with Crippen LogP contribution in [0.2, 0.25) is 0 Å². The van der Waals surface area contributed by atoms with Gasteiger partial charge in [0.1, 0.15) is 13.2 Å². The molecule has 6 nitrogen and oxygen atoms in total. The van der Waals surface area contributed by atoms with Crippen LogP contribution in [0.25, 0.3) is 0 Å². The molecule has 364 valence electrons. The van der Waals surface area contributed by atoms with Gasteiger partial charge in [-0.25, -0.2) is 0 Å². The zero-order chi connectivity index (χ0) is 46.5. The molecule has 0 bridgehead atoms. The standard InChI is InChI=1S/C58H96O6/c1-4-7-10-13-16-19-22-25-28-29-31-33-36-39-42-45-48-51-57(60)63-54-55(53-62-56(59)50-47-44-41-38-35-32-27-24-21-18-15-12-9-6-3)64-58(61)52-49-46-43-40-37-34-30-26-23-20-17-14-11-8-5-2/h7,10,15-20,24-28,30-31,33,55H,4-6,8-9,11-14,21-23,29,32,34-54H2,1-3H3/b10-7-,18-15-,19-16-,20-17-,27-24-,28-25-,30-26-,33-31-. The summed E-state index contributed by atoms with van der Waals surface area (Å²) >= 11 is 0. The van der Waals surface area contributed by atoms with Gasteiger partial charge in [-0.1, -0.05) is 195 Å². The third-order valence-corrected chi connectivity index (χ3v) is 10.8. The van der Waals surface area contributed by atoms with Gasteiger partial charge in [0.25, 0.3) is 0 Å². The number of esters is 3. The molecule has 6 heteroatoms. The third kappa shape index (κ3) is 49.3. The molecule has 0 rings (SSSR count). The van der Waals surface area contributed by atoms with Gasteiger partial charge < -0.3 is 14.2 Å². The molecule has 0 N–H and O–H groups in total. The monoisotopic (exact) mass is 889 g/mol. The summed E-state index contributed by atoms with van der Waals surface area (Å²) < 4.78 is 16.8. The van der Waals surface area contributed by atoms with Crippen LogP contribution in [0.1, 0.15) is 233 Å². The molecule has 0 saturated carbocycles. The molecule has 0 aliphatic heterocycles. The Labute approximate surface area is 394 Å². The first kappa shape index (κ1) is 60.3. The molecular formula is C58H96O6. The van der Waals surface area contributed by atoms with Crippen molar-refractivity contribution in [3.05, 3.63) is 97.2 Å². The van der Waals surface area contributed by atoms with Gasteiger partial charge in [-0.05, 0) is 116 Å². The number of ether oxygens (including phenoxy) is 3. The highest BCUT2D eigenvalue weighted by atomic mass is 16.6. The molecule has 0 saturated heterocycles. The first-order chi connectivity index (χ1) is 31.5. The number of unbranched alkanes of at least 4 members (excludes halogenated alkanes) is 19. The highest BCUT2D eigenvalue weighted by Crippen LogP contribution is 2.13. The minimum Gasteiger partial charge on any atom is -0.462 e. The maximum absolute atomic E-state index is 12.8. The summed E-state index contributed by atoms with van der Waals surface area (Å²) in [5, 5.41) is 0. The predicted octanol–water partition coefficient (Wildman–Crippen LogP) is 17.4. The molecule has 1 atom stereocenters. The summed E-state index contributed by atoms with van der Waals surface area (Å²) in [5.74, 6) is -0.953. The molecule has 0 fully saturated rings. The molecule has 1 unspecified atom stereocenters. The topological polar surface area (TPSA) is 78.9 Å². The number of rotatable bonds is 46. The van der Waals surface area contributed by atoms with Crippen molar-refractivity contribution in [2.24, 2.45) is 0 Å². The van der Waals surface area contributed by atoms with Crippen molar-refractivity contribution in [2.45, 2.75) is 239 Å². The Morgan fingerprint density at radius 1 is 0.328 bits per heavy atom. The van der Waals surface area contributed by atoms with E-state index in [9.17, 15) is 14.4 Å². The highest BCUT2D eigenvalue weighted by Gasteiger charge is 2.19. The van der Waals surface area contributed by atoms with Gasteiger partial charge in [-0.3, -0.25) is 14.4 Å². The van der Waals surface area contributed by atoms with E-state index in [4.69, 9.17) is 14.2 Å². The summed E-state index contributed by atoms with van der Waals surface area (Å²) in [5.41, 5.74) is 0. The molecular weight excluding hydrogens is 793 g/mol. The van der Waals surface area contributed by atoms with Crippen molar-refractivity contribution in [1.82, 2.24) is 0 Å². The zero-order valence-corrected chi connectivity index (χ0v) is 41.5. The van der Waals surface area contributed by atoms with Crippen molar-refractivity contribution >= 4 is 17.9 Å². The van der Waals surface area contributed by atoms with E-state index in [1.165, 1.54) is 44.9 Å². The molecule has 0 heterocycles. The van der Waals surface area contributed by atoms with Gasteiger partial charge >= 0.3 is 17.9 Å². The van der Waals surface area contributed by atoms with E-state index < -0.39 is 6.10 Å². The van der Waals surface area contributed by atoms with Crippen molar-refractivity contribution in [1.29, 1.82) is 0 Å². The van der Waals surface area contributed by atoms with Crippen LogP contribution in [0.4, 0.5) is 0 Å². The van der Waals surface area contributed by atoms with Crippen molar-refractivity contribution in [3.8, 4) is 0 Å². The van der Waals surface area contributed by atoms with E-state index in [-0.39, 0.29) is 31.1 Å². The normalized spacial score (nSPS) is 12.9. The Hall–Kier alpha value is -3.67. The molecule has 64 heavy (non-hydrogen) atoms. The minimum atomic E-state index is -0.802. The molecule has 0 aliphatic carbocycles. The first-order valence-corrected chi connectivity index (χ1v) is 26.2. The van der Waals surface area contributed by atoms with Gasteiger partial charge in [0, 0.05) is 19.3 Å². The number of carbonyl (C=O) groups excluding carboxylic acids is 3. The Balaban J connectivity index is 4.49. The molecule has 0 radical (unpaired) electrons. The fourth-order valence-corrected chi connectivity index (χ4v) is 6.83. The zero-order valence-electron chi connectivity index (χ0n) is 41.5. The van der Waals surface area contributed by atoms with Crippen LogP contribution in [0.5, 0.6) is 0 Å². The Morgan fingerprint density at radius 2 is 0.625 bits per heavy atom. The lowest BCUT2D eigenvalue weighted by molar-refractivity contribution is -0.167. The minimum absolute atomic E-state index is 0.0998. The van der Waals surface area contributed by atoms with Crippen LogP contribution in [-0.4, -0.2) is 37.2 Å². The number of allylic oxidation sites excluding steroid dienone is 16. The van der Waals surface area contributed by atoms with Gasteiger partial charge in [0.05, 0.1) is 0 Å². The van der Waals surface area contributed by atoms with E-state index in [1.54, 1.807) is 0 Å². The lowest BCUT2D eigenvalue weighted by atomic mass is 10.1. The Kier molecular flexibility index (Phi) is 49.0. The van der Waals surface area contributed by atoms with Gasteiger partial charge in [0.2, 0.25) is 0 Å². The lowest BCUT2D eigenvalue weighted by Gasteiger charge is -2.18. The van der Waals surface area contributed by atoms with Crippen LogP contribution in [0.15, 0.2) is 97.2 Å². The van der Waals surface area contributed by atoms with Crippen LogP contribution in [0.3, 0.4) is 0 Å². The maximum atomic E-state index is 12.8. The largest absolute Gasteiger partial charge is 0.462 e. The average molecular weight is 889 g/mol. The van der Waals surface area contributed by atoms with E-state index >= 15 is 0 Å². The summed E-state index contributed by atoms with van der Waals surface area (Å²) in [7, 11) is 0. The number of hydrogen-bond donors (Lipinski definition) is 0. The van der Waals surface area contributed by atoms with Crippen molar-refractivity contribution in [3.63, 3.8) is 0 Å². The second kappa shape index (κ2) is 52.0. The summed E-state index contributed by atoms with van der Waals surface area (Å²) in [6.07, 6.45) is 68.1. The van der Waals surface area contributed by atoms with Gasteiger partial charge in [0.15, 0.2) is 6.10 Å². The average Bonchev–Trinajstić information content (AvgIpc) is 3.29. The maximum Gasteiger partial charge on any atom is 0.306 e. The van der Waals surface area contributed by atoms with Crippen LogP contribution >= 0.6 is 0 Å². The van der Waals surface area contributed by atoms with Crippen molar-refractivity contribution < 1.29 is 28.6 Å². The highest BCUT2D eigenvalue weighted by molar-refractivity contribution is 5.71. The fourth-order valence-electron chi connectivity index (χ4n) is 6.83. The van der Waals surface area contributed by atoms with Crippen LogP contribution < -0.4 is 0 Å². The summed E-state index contributed by atoms with van der Waals surface area (Å²) in [4.78, 5) is 38.0. The quantitative estimate of drug-likeness (QED) is 0.0262. The van der Waals surface area contributed by atoms with E-state index in [0.29, 0.717) is 19.3 Å². The number of hydrogen-bond acceptors (Lipinski definition) is 6. The fraction of sp³-hybridized carbons (Fsp3) is 0.672. The first-order valence-electron chi connectivity index (χ1n) is 26.2. The molecule has 0 aromatic heterocycles. The van der Waals surface area contributed by atoms with E-state index in [2.05, 4.69) is 118 Å². The van der Waals surface area contributed by atoms with Gasteiger partial charge in [-0.2, -0.15) is 0 Å². The lowest BCUT2D eigenvalue weighted by Crippen LogP contribution is -2.30. The Morgan fingerprint density at radius 3 is 1.00 bits per heavy atom. The smallest absolute Gasteiger partial charge is 0.306 e. The van der Waals surface area contributed by atoms with Crippen molar-refractivity contribution in [2.75, 3.05) is 13.2 Å². The SMILES string of the molecule is CC/C=C\C/C=C\C/C=C\C/C=C\CCCCCCC(=O)OCC(COC(=O)CCCCCCC/C=C\C/C=C\CCCC)OC(=O)CCCCCCC/C=C\C/C=C\CCCCC. The number of carbonyl (C=O) groups is 3. The van der Waals surface area contributed by atoms with E-state index in [1.807, 2.05) is 0 Å². The predicted molar refractivity (Wildman–Crippen MR) is 274 cm³/mol. The van der Waals surface area contributed by atoms with Crippen LogP contribution in [-0.2, 0) is 28.6 Å². The molecule has 0 amide bonds. The molecule has 0 spiro atoms. The molecule has 0 aromatic carbocycles. The second-order valence-corrected chi connectivity index (χ2v) is 17.0.